The van der Waals surface area contributed by atoms with E-state index in [0.717, 1.165) is 6.22 Å². The second-order valence-corrected chi connectivity index (χ2v) is 35.0. The van der Waals surface area contributed by atoms with Gasteiger partial charge in [-0.25, -0.2) is 0 Å². The molecule has 0 aliphatic rings. The molecule has 0 unspecified atom stereocenters. The third-order valence-electron chi connectivity index (χ3n) is 5.91. The van der Waals surface area contributed by atoms with Gasteiger partial charge in [-0.3, -0.25) is 0 Å². The summed E-state index contributed by atoms with van der Waals surface area (Å²) < 4.78 is 0. The van der Waals surface area contributed by atoms with E-state index in [4.69, 9.17) is 17.2 Å². The summed E-state index contributed by atoms with van der Waals surface area (Å²) in [7, 11) is 11.3. The van der Waals surface area contributed by atoms with Gasteiger partial charge in [0, 0.05) is 0 Å². The van der Waals surface area contributed by atoms with Gasteiger partial charge < -0.3 is 0 Å². The van der Waals surface area contributed by atoms with Crippen LogP contribution < -0.4 is 0 Å². The van der Waals surface area contributed by atoms with E-state index in [1.54, 1.807) is 0 Å². The largest absolute Gasteiger partial charge is 0.165 e. The van der Waals surface area contributed by atoms with E-state index in [2.05, 4.69) is 123 Å². The van der Waals surface area contributed by atoms with E-state index in [1.807, 2.05) is 0 Å². The van der Waals surface area contributed by atoms with E-state index in [9.17, 15) is 0 Å². The zero-order chi connectivity index (χ0) is 26.4. The Balaban J connectivity index is 0.000000197. The molecule has 0 fully saturated rings. The summed E-state index contributed by atoms with van der Waals surface area (Å²) in [5.74, 6) is 0. The maximum absolute atomic E-state index is 5.65. The topological polar surface area (TPSA) is 0 Å². The third kappa shape index (κ3) is 9.29. The van der Waals surface area contributed by atoms with Crippen LogP contribution >= 0.6 is 17.2 Å². The monoisotopic (exact) mass is 691 g/mol. The molecule has 0 bridgehead atoms. The predicted molar refractivity (Wildman–Crippen MR) is 159 cm³/mol. The molecule has 4 heteroatoms. The quantitative estimate of drug-likeness (QED) is 0.145. The van der Waals surface area contributed by atoms with Gasteiger partial charge in [-0.2, -0.15) is 12.1 Å². The van der Waals surface area contributed by atoms with Gasteiger partial charge in [-0.1, -0.05) is 78.6 Å². The summed E-state index contributed by atoms with van der Waals surface area (Å²) in [5, 5.41) is 5.57. The Labute approximate surface area is 229 Å². The van der Waals surface area contributed by atoms with Crippen molar-refractivity contribution < 1.29 is 17.7 Å². The Morgan fingerprint density at radius 1 is 0.743 bits per heavy atom. The van der Waals surface area contributed by atoms with Crippen LogP contribution in [0.15, 0.2) is 60.7 Å². The van der Waals surface area contributed by atoms with Crippen molar-refractivity contribution in [1.82, 2.24) is 0 Å². The van der Waals surface area contributed by atoms with Crippen molar-refractivity contribution in [2.24, 2.45) is 0 Å². The first kappa shape index (κ1) is 30.6. The van der Waals surface area contributed by atoms with Gasteiger partial charge >= 0.3 is 60.5 Å². The first-order valence-corrected chi connectivity index (χ1v) is 28.0. The second-order valence-electron chi connectivity index (χ2n) is 11.4. The maximum Gasteiger partial charge on any atom is -0.0220 e. The summed E-state index contributed by atoms with van der Waals surface area (Å²) in [6.07, 6.45) is 2.17. The van der Waals surface area contributed by atoms with Gasteiger partial charge in [0.05, 0.1) is 0 Å². The zero-order valence-electron chi connectivity index (χ0n) is 22.9. The maximum atomic E-state index is 5.65. The number of hydrogen-bond donors (Lipinski definition) is 0. The average molecular weight is 691 g/mol. The van der Waals surface area contributed by atoms with Crippen molar-refractivity contribution in [1.29, 1.82) is 0 Å². The van der Waals surface area contributed by atoms with Crippen LogP contribution in [0, 0.1) is 13.8 Å². The molecule has 4 rings (SSSR count). The number of fused-ring (bicyclic) bond motifs is 2. The molecule has 0 atom stereocenters. The molecule has 0 heterocycles. The molecule has 4 aromatic carbocycles. The van der Waals surface area contributed by atoms with Gasteiger partial charge in [0.2, 0.25) is 0 Å². The van der Waals surface area contributed by atoms with E-state index in [1.165, 1.54) is 56.3 Å². The molecule has 0 aromatic heterocycles. The van der Waals surface area contributed by atoms with Crippen molar-refractivity contribution in [3.05, 3.63) is 82.9 Å². The van der Waals surface area contributed by atoms with Crippen LogP contribution in [0.4, 0.5) is 0 Å². The molecule has 0 N–H and O–H groups in total. The average Bonchev–Trinajstić information content (AvgIpc) is 3.31. The van der Waals surface area contributed by atoms with Crippen molar-refractivity contribution in [3.63, 3.8) is 0 Å². The Kier molecular flexibility index (Phi) is 11.5. The molecule has 189 valence electrons. The van der Waals surface area contributed by atoms with Crippen LogP contribution in [0.25, 0.3) is 21.5 Å². The zero-order valence-corrected chi connectivity index (χ0v) is 29.0. The third-order valence-corrected chi connectivity index (χ3v) is 19.1. The van der Waals surface area contributed by atoms with E-state index in [0.29, 0.717) is 0 Å². The molecule has 0 aliphatic carbocycles. The van der Waals surface area contributed by atoms with Crippen LogP contribution in [0.3, 0.4) is 0 Å². The summed E-state index contributed by atoms with van der Waals surface area (Å²) in [5.41, 5.74) is 6.08. The molecule has 0 aliphatic heterocycles. The second kappa shape index (κ2) is 13.2. The van der Waals surface area contributed by atoms with Gasteiger partial charge in [0.1, 0.15) is 0 Å². The van der Waals surface area contributed by atoms with Crippen LogP contribution in [0.1, 0.15) is 77.1 Å². The van der Waals surface area contributed by atoms with Crippen molar-refractivity contribution >= 4 is 44.9 Å². The Morgan fingerprint density at radius 3 is 1.43 bits per heavy atom. The summed E-state index contributed by atoms with van der Waals surface area (Å²) >= 11 is -1.80. The fourth-order valence-electron chi connectivity index (χ4n) is 4.30. The van der Waals surface area contributed by atoms with Crippen molar-refractivity contribution in [3.8, 4) is 0 Å². The van der Waals surface area contributed by atoms with Crippen molar-refractivity contribution in [2.75, 3.05) is 0 Å². The molecule has 1 radical (unpaired) electrons. The Morgan fingerprint density at radius 2 is 1.14 bits per heavy atom. The van der Waals surface area contributed by atoms with Gasteiger partial charge in [-0.15, -0.1) is 69.1 Å². The summed E-state index contributed by atoms with van der Waals surface area (Å²) in [6, 6.07) is 23.5. The number of aryl methyl sites for hydroxylation is 2. The molecular formula is C31H41Cl2HfSi-2. The van der Waals surface area contributed by atoms with E-state index < -0.39 is 17.7 Å². The Hall–Kier alpha value is -0.673. The van der Waals surface area contributed by atoms with Crippen LogP contribution in [0.5, 0.6) is 0 Å². The molecule has 0 saturated carbocycles. The molecular weight excluding hydrogens is 650 g/mol. The first-order valence-electron chi connectivity index (χ1n) is 12.5. The number of rotatable bonds is 2. The van der Waals surface area contributed by atoms with Crippen LogP contribution in [0.2, 0.25) is 6.04 Å². The fourth-order valence-corrected chi connectivity index (χ4v) is 14.1. The Bertz CT molecular complexity index is 1170. The van der Waals surface area contributed by atoms with Crippen LogP contribution in [-0.2, 0) is 28.5 Å². The number of halogens is 2. The normalized spacial score (nSPS) is 11.5. The standard InChI is InChI=1S/2C14H17.C3H7Si.2ClH.Hf/c2*1-10-8-11-6-5-7-13(12(11)9-10)14(2,3)4;1-2-3-4;;;/h2*5-9H,1-4H3;2-3H2,1H3;2*1H;/q2*-1;;;;+2/p-2. The minimum absolute atomic E-state index is 0.236. The van der Waals surface area contributed by atoms with Gasteiger partial charge in [0.15, 0.2) is 0 Å². The van der Waals surface area contributed by atoms with Gasteiger partial charge in [-0.05, 0) is 10.8 Å². The first-order chi connectivity index (χ1) is 16.2. The molecule has 0 saturated heterocycles. The van der Waals surface area contributed by atoms with Crippen molar-refractivity contribution in [2.45, 2.75) is 85.6 Å². The summed E-state index contributed by atoms with van der Waals surface area (Å²) in [6.45, 7) is 20.1. The van der Waals surface area contributed by atoms with E-state index >= 15 is 0 Å². The fraction of sp³-hybridized carbons (Fsp3) is 0.419. The number of hydrogen-bond acceptors (Lipinski definition) is 0. The van der Waals surface area contributed by atoms with E-state index in [-0.39, 0.29) is 10.8 Å². The predicted octanol–water partition coefficient (Wildman–Crippen LogP) is 10.7. The molecule has 35 heavy (non-hydrogen) atoms. The number of benzene rings is 2. The van der Waals surface area contributed by atoms with Crippen LogP contribution in [-0.4, -0.2) is 6.22 Å². The summed E-state index contributed by atoms with van der Waals surface area (Å²) in [4.78, 5) is 0. The molecule has 0 nitrogen and oxygen atoms in total. The SMILES string of the molecule is CCC[Si]=[Hf]([Cl])[Cl].Cc1cc2c(C(C)(C)C)cccc2[cH-]1.Cc1cc2c(C(C)(C)C)cccc2[cH-]1. The smallest absolute Gasteiger partial charge is 0.0220 e. The minimum atomic E-state index is -1.80. The van der Waals surface area contributed by atoms with Gasteiger partial charge in [0.25, 0.3) is 0 Å². The minimum Gasteiger partial charge on any atom is -0.165 e. The molecule has 4 aromatic rings. The molecule has 0 amide bonds. The molecule has 0 spiro atoms.